The SMILES string of the molecule is CN(C)c1ccc(C2C(=O)C(N(CCO)CCO)C2=O)cc1. The van der Waals surface area contributed by atoms with Crippen LogP contribution in [0.5, 0.6) is 0 Å². The number of aliphatic hydroxyl groups excluding tert-OH is 2. The molecule has 0 heterocycles. The standard InChI is InChI=1S/C16H22N2O4/c1-17(2)12-5-3-11(4-6-12)13-15(21)14(16(13)22)18(7-9-19)8-10-20/h3-6,13-14,19-20H,7-10H2,1-2H3. The molecular weight excluding hydrogens is 284 g/mol. The van der Waals surface area contributed by atoms with E-state index in [2.05, 4.69) is 0 Å². The van der Waals surface area contributed by atoms with E-state index in [1.807, 2.05) is 31.1 Å². The molecule has 120 valence electrons. The van der Waals surface area contributed by atoms with Gasteiger partial charge in [-0.3, -0.25) is 14.5 Å². The number of hydrogen-bond donors (Lipinski definition) is 2. The summed E-state index contributed by atoms with van der Waals surface area (Å²) in [6.45, 7) is 0.0997. The molecule has 0 aromatic heterocycles. The largest absolute Gasteiger partial charge is 0.395 e. The number of aliphatic hydroxyl groups is 2. The average Bonchev–Trinajstić information content (AvgIpc) is 2.48. The van der Waals surface area contributed by atoms with Crippen molar-refractivity contribution in [3.05, 3.63) is 29.8 Å². The van der Waals surface area contributed by atoms with Crippen molar-refractivity contribution < 1.29 is 19.8 Å². The van der Waals surface area contributed by atoms with E-state index < -0.39 is 12.0 Å². The van der Waals surface area contributed by atoms with Crippen LogP contribution in [0.15, 0.2) is 24.3 Å². The quantitative estimate of drug-likeness (QED) is 0.670. The summed E-state index contributed by atoms with van der Waals surface area (Å²) in [5.41, 5.74) is 1.70. The molecule has 0 radical (unpaired) electrons. The van der Waals surface area contributed by atoms with Gasteiger partial charge in [0.15, 0.2) is 11.6 Å². The van der Waals surface area contributed by atoms with Crippen LogP contribution in [0.2, 0.25) is 0 Å². The lowest BCUT2D eigenvalue weighted by molar-refractivity contribution is -0.149. The fourth-order valence-electron chi connectivity index (χ4n) is 2.78. The van der Waals surface area contributed by atoms with Crippen LogP contribution >= 0.6 is 0 Å². The van der Waals surface area contributed by atoms with E-state index in [4.69, 9.17) is 10.2 Å². The van der Waals surface area contributed by atoms with Gasteiger partial charge in [-0.1, -0.05) is 12.1 Å². The van der Waals surface area contributed by atoms with Gasteiger partial charge in [-0.05, 0) is 17.7 Å². The van der Waals surface area contributed by atoms with Gasteiger partial charge in [-0.15, -0.1) is 0 Å². The number of benzene rings is 1. The molecule has 1 aliphatic carbocycles. The summed E-state index contributed by atoms with van der Waals surface area (Å²) in [4.78, 5) is 28.2. The Labute approximate surface area is 130 Å². The second kappa shape index (κ2) is 7.00. The van der Waals surface area contributed by atoms with Crippen LogP contribution in [0, 0.1) is 0 Å². The first-order valence-electron chi connectivity index (χ1n) is 7.31. The van der Waals surface area contributed by atoms with Crippen molar-refractivity contribution in [2.75, 3.05) is 45.3 Å². The number of ketones is 2. The van der Waals surface area contributed by atoms with Gasteiger partial charge in [0.25, 0.3) is 0 Å². The number of Topliss-reactive ketones (excluding diaryl/α,β-unsaturated/α-hetero) is 2. The predicted octanol–water partition coefficient (Wildman–Crippen LogP) is -0.357. The first-order valence-corrected chi connectivity index (χ1v) is 7.31. The second-order valence-corrected chi connectivity index (χ2v) is 5.61. The predicted molar refractivity (Wildman–Crippen MR) is 83.1 cm³/mol. The van der Waals surface area contributed by atoms with Crippen molar-refractivity contribution in [1.82, 2.24) is 4.90 Å². The molecule has 1 aromatic rings. The summed E-state index contributed by atoms with van der Waals surface area (Å²) in [5.74, 6) is -1.05. The summed E-state index contributed by atoms with van der Waals surface area (Å²) in [7, 11) is 3.85. The van der Waals surface area contributed by atoms with Gasteiger partial charge < -0.3 is 15.1 Å². The molecule has 6 heteroatoms. The molecule has 22 heavy (non-hydrogen) atoms. The first kappa shape index (κ1) is 16.6. The monoisotopic (exact) mass is 306 g/mol. The Balaban J connectivity index is 2.12. The minimum atomic E-state index is -0.835. The van der Waals surface area contributed by atoms with E-state index >= 15 is 0 Å². The minimum absolute atomic E-state index is 0.154. The summed E-state index contributed by atoms with van der Waals surface area (Å²) in [6.07, 6.45) is 0. The molecule has 2 N–H and O–H groups in total. The topological polar surface area (TPSA) is 81.1 Å². The minimum Gasteiger partial charge on any atom is -0.395 e. The first-order chi connectivity index (χ1) is 10.5. The van der Waals surface area contributed by atoms with Crippen molar-refractivity contribution in [3.63, 3.8) is 0 Å². The molecule has 6 nitrogen and oxygen atoms in total. The fraction of sp³-hybridized carbons (Fsp3) is 0.500. The smallest absolute Gasteiger partial charge is 0.172 e. The fourth-order valence-corrected chi connectivity index (χ4v) is 2.78. The van der Waals surface area contributed by atoms with E-state index in [0.717, 1.165) is 5.69 Å². The van der Waals surface area contributed by atoms with Gasteiger partial charge in [0, 0.05) is 32.9 Å². The molecular formula is C16H22N2O4. The molecule has 1 aliphatic rings. The molecule has 1 saturated carbocycles. The molecule has 0 unspecified atom stereocenters. The second-order valence-electron chi connectivity index (χ2n) is 5.61. The molecule has 1 fully saturated rings. The maximum atomic E-state index is 12.3. The Bertz CT molecular complexity index is 520. The maximum absolute atomic E-state index is 12.3. The third-order valence-corrected chi connectivity index (χ3v) is 3.99. The van der Waals surface area contributed by atoms with E-state index in [9.17, 15) is 9.59 Å². The Morgan fingerprint density at radius 2 is 1.45 bits per heavy atom. The van der Waals surface area contributed by atoms with Crippen LogP contribution in [-0.2, 0) is 9.59 Å². The lowest BCUT2D eigenvalue weighted by Gasteiger charge is -2.39. The summed E-state index contributed by atoms with van der Waals surface area (Å²) < 4.78 is 0. The molecule has 0 aliphatic heterocycles. The molecule has 0 amide bonds. The van der Waals surface area contributed by atoms with Crippen LogP contribution in [-0.4, -0.2) is 73.1 Å². The zero-order chi connectivity index (χ0) is 16.3. The Morgan fingerprint density at radius 3 is 1.86 bits per heavy atom. The molecule has 0 spiro atoms. The van der Waals surface area contributed by atoms with E-state index in [-0.39, 0.29) is 37.9 Å². The number of rotatable bonds is 7. The third-order valence-electron chi connectivity index (χ3n) is 3.99. The van der Waals surface area contributed by atoms with Gasteiger partial charge in [-0.2, -0.15) is 0 Å². The summed E-state index contributed by atoms with van der Waals surface area (Å²) in [5, 5.41) is 18.0. The zero-order valence-electron chi connectivity index (χ0n) is 12.9. The van der Waals surface area contributed by atoms with Crippen molar-refractivity contribution in [2.24, 2.45) is 0 Å². The van der Waals surface area contributed by atoms with Crippen LogP contribution < -0.4 is 4.90 Å². The number of carbonyl (C=O) groups excluding carboxylic acids is 2. The lowest BCUT2D eigenvalue weighted by atomic mass is 9.72. The van der Waals surface area contributed by atoms with Crippen LogP contribution in [0.3, 0.4) is 0 Å². The van der Waals surface area contributed by atoms with Crippen LogP contribution in [0.25, 0.3) is 0 Å². The lowest BCUT2D eigenvalue weighted by Crippen LogP contribution is -2.61. The number of nitrogens with zero attached hydrogens (tertiary/aromatic N) is 2. The Hall–Kier alpha value is -1.76. The number of carbonyl (C=O) groups is 2. The van der Waals surface area contributed by atoms with E-state index in [0.29, 0.717) is 5.56 Å². The van der Waals surface area contributed by atoms with Crippen molar-refractivity contribution in [2.45, 2.75) is 12.0 Å². The molecule has 0 bridgehead atoms. The number of anilines is 1. The van der Waals surface area contributed by atoms with Crippen molar-refractivity contribution >= 4 is 17.3 Å². The Kier molecular flexibility index (Phi) is 5.28. The molecule has 2 rings (SSSR count). The molecule has 1 aromatic carbocycles. The van der Waals surface area contributed by atoms with E-state index in [1.54, 1.807) is 12.1 Å². The highest BCUT2D eigenvalue weighted by Crippen LogP contribution is 2.33. The van der Waals surface area contributed by atoms with Gasteiger partial charge in [0.2, 0.25) is 0 Å². The zero-order valence-corrected chi connectivity index (χ0v) is 12.9. The van der Waals surface area contributed by atoms with Crippen LogP contribution in [0.4, 0.5) is 5.69 Å². The normalized spacial score (nSPS) is 21.1. The molecule has 0 saturated heterocycles. The highest BCUT2D eigenvalue weighted by Gasteiger charge is 2.52. The van der Waals surface area contributed by atoms with Gasteiger partial charge in [0.05, 0.1) is 13.2 Å². The summed E-state index contributed by atoms with van der Waals surface area (Å²) in [6, 6.07) is 6.52. The average molecular weight is 306 g/mol. The highest BCUT2D eigenvalue weighted by atomic mass is 16.3. The van der Waals surface area contributed by atoms with Crippen LogP contribution in [0.1, 0.15) is 11.5 Å². The van der Waals surface area contributed by atoms with Crippen molar-refractivity contribution in [3.8, 4) is 0 Å². The Morgan fingerprint density at radius 1 is 0.955 bits per heavy atom. The number of hydrogen-bond acceptors (Lipinski definition) is 6. The van der Waals surface area contributed by atoms with Gasteiger partial charge in [-0.25, -0.2) is 0 Å². The third kappa shape index (κ3) is 3.04. The van der Waals surface area contributed by atoms with Gasteiger partial charge >= 0.3 is 0 Å². The van der Waals surface area contributed by atoms with Crippen molar-refractivity contribution in [1.29, 1.82) is 0 Å². The summed E-state index contributed by atoms with van der Waals surface area (Å²) >= 11 is 0. The van der Waals surface area contributed by atoms with E-state index in [1.165, 1.54) is 4.90 Å². The maximum Gasteiger partial charge on any atom is 0.172 e. The molecule has 0 atom stereocenters. The highest BCUT2D eigenvalue weighted by molar-refractivity contribution is 6.30. The van der Waals surface area contributed by atoms with Gasteiger partial charge in [0.1, 0.15) is 12.0 Å².